The summed E-state index contributed by atoms with van der Waals surface area (Å²) in [5, 5.41) is 26.2. The van der Waals surface area contributed by atoms with Crippen molar-refractivity contribution in [2.45, 2.75) is 10.1 Å². The van der Waals surface area contributed by atoms with E-state index in [9.17, 15) is 10.1 Å². The van der Waals surface area contributed by atoms with Gasteiger partial charge in [-0.2, -0.15) is 10.2 Å². The van der Waals surface area contributed by atoms with Gasteiger partial charge in [-0.1, -0.05) is 30.3 Å². The lowest BCUT2D eigenvalue weighted by molar-refractivity contribution is -0.387. The second-order valence-corrected chi connectivity index (χ2v) is 7.07. The number of hydrazone groups is 1. The van der Waals surface area contributed by atoms with Crippen molar-refractivity contribution in [3.63, 3.8) is 0 Å². The normalized spacial score (nSPS) is 11.2. The third-order valence-corrected chi connectivity index (χ3v) is 5.25. The molecule has 0 aliphatic carbocycles. The van der Waals surface area contributed by atoms with E-state index >= 15 is 0 Å². The van der Waals surface area contributed by atoms with Crippen LogP contribution in [0.25, 0.3) is 10.8 Å². The average Bonchev–Trinajstić information content (AvgIpc) is 3.13. The fourth-order valence-electron chi connectivity index (χ4n) is 2.67. The summed E-state index contributed by atoms with van der Waals surface area (Å²) < 4.78 is 1.80. The molecule has 0 aliphatic heterocycles. The molecule has 1 N–H and O–H groups in total. The topological polar surface area (TPSA) is 111 Å². The highest BCUT2D eigenvalue weighted by atomic mass is 32.2. The maximum absolute atomic E-state index is 11.5. The molecule has 0 radical (unpaired) electrons. The number of aromatic nitrogens is 4. The van der Waals surface area contributed by atoms with E-state index in [1.807, 2.05) is 31.3 Å². The van der Waals surface area contributed by atoms with E-state index in [4.69, 9.17) is 0 Å². The van der Waals surface area contributed by atoms with Gasteiger partial charge in [0.05, 0.1) is 22.2 Å². The fourth-order valence-corrected chi connectivity index (χ4v) is 3.56. The predicted octanol–water partition coefficient (Wildman–Crippen LogP) is 3.87. The van der Waals surface area contributed by atoms with Crippen molar-refractivity contribution in [3.05, 3.63) is 76.7 Å². The van der Waals surface area contributed by atoms with Gasteiger partial charge < -0.3 is 4.57 Å². The molecule has 29 heavy (non-hydrogen) atoms. The van der Waals surface area contributed by atoms with Gasteiger partial charge in [0.1, 0.15) is 0 Å². The minimum absolute atomic E-state index is 0.00750. The average molecular weight is 405 g/mol. The van der Waals surface area contributed by atoms with E-state index in [1.165, 1.54) is 24.0 Å². The van der Waals surface area contributed by atoms with Crippen molar-refractivity contribution in [1.29, 1.82) is 0 Å². The Morgan fingerprint density at radius 2 is 2.14 bits per heavy atom. The highest BCUT2D eigenvalue weighted by molar-refractivity contribution is 7.99. The molecule has 0 bridgehead atoms. The van der Waals surface area contributed by atoms with Crippen LogP contribution in [0, 0.1) is 10.1 Å². The molecule has 0 saturated carbocycles. The zero-order chi connectivity index (χ0) is 20.2. The summed E-state index contributed by atoms with van der Waals surface area (Å²) in [6.45, 7) is 0. The van der Waals surface area contributed by atoms with Crippen molar-refractivity contribution in [3.8, 4) is 0 Å². The maximum atomic E-state index is 11.5. The van der Waals surface area contributed by atoms with Gasteiger partial charge in [-0.25, -0.2) is 4.98 Å². The van der Waals surface area contributed by atoms with Gasteiger partial charge >= 0.3 is 0 Å². The van der Waals surface area contributed by atoms with Gasteiger partial charge in [-0.15, -0.1) is 5.10 Å². The van der Waals surface area contributed by atoms with Crippen molar-refractivity contribution in [2.24, 2.45) is 12.1 Å². The molecule has 2 heterocycles. The fraction of sp³-hybridized carbons (Fsp3) is 0.0526. The minimum Gasteiger partial charge on any atom is -0.329 e. The summed E-state index contributed by atoms with van der Waals surface area (Å²) in [5.74, 6) is 0.510. The minimum atomic E-state index is -0.410. The van der Waals surface area contributed by atoms with Crippen LogP contribution in [-0.4, -0.2) is 30.9 Å². The smallest absolute Gasteiger partial charge is 0.283 e. The van der Waals surface area contributed by atoms with E-state index in [0.29, 0.717) is 21.4 Å². The summed E-state index contributed by atoms with van der Waals surface area (Å²) in [6.07, 6.45) is 6.62. The number of benzene rings is 2. The first-order chi connectivity index (χ1) is 14.1. The summed E-state index contributed by atoms with van der Waals surface area (Å²) in [6, 6.07) is 12.6. The van der Waals surface area contributed by atoms with Gasteiger partial charge in [-0.05, 0) is 17.8 Å². The van der Waals surface area contributed by atoms with Crippen LogP contribution in [0.4, 0.5) is 11.5 Å². The third kappa shape index (κ3) is 4.06. The van der Waals surface area contributed by atoms with Crippen LogP contribution in [0.3, 0.4) is 0 Å². The van der Waals surface area contributed by atoms with Crippen molar-refractivity contribution < 1.29 is 4.92 Å². The van der Waals surface area contributed by atoms with E-state index in [1.54, 1.807) is 35.3 Å². The van der Waals surface area contributed by atoms with E-state index < -0.39 is 4.92 Å². The molecule has 0 saturated heterocycles. The molecule has 9 nitrogen and oxygen atoms in total. The van der Waals surface area contributed by atoms with Gasteiger partial charge in [0, 0.05) is 41.8 Å². The first-order valence-electron chi connectivity index (χ1n) is 8.55. The summed E-state index contributed by atoms with van der Waals surface area (Å²) in [4.78, 5) is 15.8. The predicted molar refractivity (Wildman–Crippen MR) is 111 cm³/mol. The number of fused-ring (bicyclic) bond motifs is 1. The number of nitro groups is 1. The second-order valence-electron chi connectivity index (χ2n) is 6.06. The van der Waals surface area contributed by atoms with E-state index in [2.05, 4.69) is 25.7 Å². The lowest BCUT2D eigenvalue weighted by Crippen LogP contribution is -1.98. The Morgan fingerprint density at radius 3 is 2.93 bits per heavy atom. The lowest BCUT2D eigenvalue weighted by atomic mass is 10.2. The van der Waals surface area contributed by atoms with Crippen molar-refractivity contribution in [1.82, 2.24) is 19.7 Å². The summed E-state index contributed by atoms with van der Waals surface area (Å²) in [7, 11) is 1.84. The van der Waals surface area contributed by atoms with Crippen LogP contribution in [0.2, 0.25) is 0 Å². The molecule has 4 rings (SSSR count). The van der Waals surface area contributed by atoms with Gasteiger partial charge in [0.15, 0.2) is 11.0 Å². The highest BCUT2D eigenvalue weighted by Gasteiger charge is 2.17. The largest absolute Gasteiger partial charge is 0.329 e. The molecule has 0 unspecified atom stereocenters. The molecule has 4 aromatic rings. The van der Waals surface area contributed by atoms with Crippen molar-refractivity contribution >= 4 is 40.3 Å². The lowest BCUT2D eigenvalue weighted by Gasteiger charge is -2.05. The number of hydrogen-bond acceptors (Lipinski definition) is 8. The van der Waals surface area contributed by atoms with Crippen LogP contribution in [0.1, 0.15) is 5.56 Å². The first kappa shape index (κ1) is 18.6. The molecular weight excluding hydrogens is 390 g/mol. The molecule has 0 atom stereocenters. The Labute approximate surface area is 169 Å². The molecule has 2 aromatic carbocycles. The number of imidazole rings is 1. The Morgan fingerprint density at radius 1 is 1.28 bits per heavy atom. The van der Waals surface area contributed by atoms with Gasteiger partial charge in [-0.3, -0.25) is 15.5 Å². The first-order valence-corrected chi connectivity index (χ1v) is 9.36. The van der Waals surface area contributed by atoms with Crippen LogP contribution in [0.5, 0.6) is 0 Å². The number of anilines is 1. The van der Waals surface area contributed by atoms with Gasteiger partial charge in [0.2, 0.25) is 0 Å². The summed E-state index contributed by atoms with van der Waals surface area (Å²) >= 11 is 1.24. The van der Waals surface area contributed by atoms with Crippen LogP contribution >= 0.6 is 11.8 Å². The number of hydrogen-bond donors (Lipinski definition) is 1. The van der Waals surface area contributed by atoms with Crippen LogP contribution in [-0.2, 0) is 7.05 Å². The molecule has 10 heteroatoms. The van der Waals surface area contributed by atoms with Crippen LogP contribution in [0.15, 0.2) is 76.2 Å². The van der Waals surface area contributed by atoms with Crippen LogP contribution < -0.4 is 5.43 Å². The Kier molecular flexibility index (Phi) is 5.16. The quantitative estimate of drug-likeness (QED) is 0.294. The molecule has 0 spiro atoms. The Hall–Kier alpha value is -3.79. The number of nitrogens with one attached hydrogen (secondary N) is 1. The maximum Gasteiger partial charge on any atom is 0.283 e. The summed E-state index contributed by atoms with van der Waals surface area (Å²) in [5.41, 5.74) is 3.43. The second kappa shape index (κ2) is 8.07. The monoisotopic (exact) mass is 405 g/mol. The number of rotatable bonds is 6. The van der Waals surface area contributed by atoms with Gasteiger partial charge in [0.25, 0.3) is 5.69 Å². The van der Waals surface area contributed by atoms with E-state index in [0.717, 1.165) is 10.8 Å². The highest BCUT2D eigenvalue weighted by Crippen LogP contribution is 2.34. The molecule has 0 aliphatic rings. The zero-order valence-corrected chi connectivity index (χ0v) is 16.1. The third-order valence-electron chi connectivity index (χ3n) is 4.11. The number of nitro benzene ring substituents is 1. The van der Waals surface area contributed by atoms with E-state index in [-0.39, 0.29) is 5.69 Å². The van der Waals surface area contributed by atoms with Crippen molar-refractivity contribution in [2.75, 3.05) is 5.43 Å². The Balaban J connectivity index is 1.56. The molecular formula is C19H15N7O2S. The zero-order valence-electron chi connectivity index (χ0n) is 15.3. The SMILES string of the molecule is Cn1ccnc1Sc1ccc(C=NNc2nncc3ccccc23)cc1[N+](=O)[O-]. The molecule has 0 fully saturated rings. The molecule has 144 valence electrons. The number of nitrogens with zero attached hydrogens (tertiary/aromatic N) is 6. The Bertz CT molecular complexity index is 1220. The standard InChI is InChI=1S/C19H15N7O2S/c1-25-9-8-20-19(25)29-17-7-6-13(10-16(17)26(27)28)11-21-23-18-15-5-3-2-4-14(15)12-22-24-18/h2-12H,1H3,(H,23,24). The number of aryl methyl sites for hydroxylation is 1. The molecule has 2 aromatic heterocycles. The molecule has 0 amide bonds.